The van der Waals surface area contributed by atoms with Crippen molar-refractivity contribution in [3.63, 3.8) is 0 Å². The zero-order chi connectivity index (χ0) is 24.8. The molecule has 4 aliphatic rings. The Morgan fingerprint density at radius 2 is 1.83 bits per heavy atom. The summed E-state index contributed by atoms with van der Waals surface area (Å²) in [6.45, 7) is 3.45. The number of aliphatic carboxylic acids is 1. The van der Waals surface area contributed by atoms with Crippen LogP contribution in [0.15, 0.2) is 34.1 Å². The highest BCUT2D eigenvalue weighted by molar-refractivity contribution is 8.00. The number of nitrogens with one attached hydrogen (secondary N) is 1. The molecule has 2 saturated carbocycles. The molecule has 1 aromatic carbocycles. The fourth-order valence-corrected chi connectivity index (χ4v) is 10.2. The zero-order valence-electron chi connectivity index (χ0n) is 19.5. The Hall–Kier alpha value is -2.59. The Balaban J connectivity index is 1.46. The van der Waals surface area contributed by atoms with E-state index in [1.54, 1.807) is 32.7 Å². The lowest BCUT2D eigenvalue weighted by molar-refractivity contribution is -0.157. The number of carbonyl (C=O) groups is 3. The minimum absolute atomic E-state index is 0.0422. The van der Waals surface area contributed by atoms with E-state index in [1.807, 2.05) is 24.3 Å². The number of rotatable bonds is 5. The number of thioether (sulfide) groups is 1. The van der Waals surface area contributed by atoms with E-state index in [0.717, 1.165) is 32.5 Å². The van der Waals surface area contributed by atoms with Crippen LogP contribution in [-0.4, -0.2) is 51.2 Å². The van der Waals surface area contributed by atoms with E-state index >= 15 is 0 Å². The lowest BCUT2D eigenvalue weighted by Gasteiger charge is -2.43. The van der Waals surface area contributed by atoms with E-state index in [2.05, 4.69) is 4.98 Å². The summed E-state index contributed by atoms with van der Waals surface area (Å²) in [5, 5.41) is 10.7. The summed E-state index contributed by atoms with van der Waals surface area (Å²) < 4.78 is 5.69. The first-order valence-electron chi connectivity index (χ1n) is 11.9. The number of para-hydroxylation sites is 1. The Labute approximate surface area is 210 Å². The largest absolute Gasteiger partial charge is 0.496 e. The number of ether oxygens (including phenoxy) is 1. The number of aromatic nitrogens is 1. The maximum atomic E-state index is 13.7. The van der Waals surface area contributed by atoms with Crippen molar-refractivity contribution < 1.29 is 24.2 Å². The Morgan fingerprint density at radius 3 is 2.49 bits per heavy atom. The van der Waals surface area contributed by atoms with Crippen molar-refractivity contribution in [1.82, 2.24) is 9.88 Å². The number of nitrogens with zero attached hydrogens (tertiary/aromatic N) is 1. The van der Waals surface area contributed by atoms with Crippen LogP contribution in [0.4, 0.5) is 0 Å². The van der Waals surface area contributed by atoms with Crippen LogP contribution in [0.5, 0.6) is 5.75 Å². The van der Waals surface area contributed by atoms with Gasteiger partial charge >= 0.3 is 10.8 Å². The van der Waals surface area contributed by atoms with Gasteiger partial charge in [0.05, 0.1) is 24.0 Å². The third kappa shape index (κ3) is 3.05. The normalized spacial score (nSPS) is 33.6. The van der Waals surface area contributed by atoms with Crippen LogP contribution >= 0.6 is 23.1 Å². The molecule has 10 heteroatoms. The van der Waals surface area contributed by atoms with Gasteiger partial charge in [-0.25, -0.2) is 4.79 Å². The van der Waals surface area contributed by atoms with Crippen LogP contribution in [0.1, 0.15) is 36.6 Å². The molecule has 8 nitrogen and oxygen atoms in total. The molecule has 1 aromatic heterocycles. The van der Waals surface area contributed by atoms with E-state index < -0.39 is 23.8 Å². The summed E-state index contributed by atoms with van der Waals surface area (Å²) in [4.78, 5) is 56.5. The number of thiazole rings is 1. The second kappa shape index (κ2) is 7.96. The smallest absolute Gasteiger partial charge is 0.327 e. The number of likely N-dealkylation sites (tertiary alicyclic amines) is 1. The molecule has 0 radical (unpaired) electrons. The predicted molar refractivity (Wildman–Crippen MR) is 130 cm³/mol. The summed E-state index contributed by atoms with van der Waals surface area (Å²) in [6.07, 6.45) is 0.757. The molecule has 2 aromatic rings. The van der Waals surface area contributed by atoms with E-state index in [9.17, 15) is 24.3 Å². The van der Waals surface area contributed by atoms with Gasteiger partial charge in [-0.05, 0) is 36.2 Å². The van der Waals surface area contributed by atoms with Gasteiger partial charge in [0, 0.05) is 21.6 Å². The van der Waals surface area contributed by atoms with E-state index in [-0.39, 0.29) is 51.5 Å². The van der Waals surface area contributed by atoms with Gasteiger partial charge in [-0.15, -0.1) is 11.8 Å². The second-order valence-corrected chi connectivity index (χ2v) is 12.5. The maximum absolute atomic E-state index is 13.7. The highest BCUT2D eigenvalue weighted by atomic mass is 32.2. The number of H-pyrrole nitrogens is 1. The number of aromatic amines is 1. The Kier molecular flexibility index (Phi) is 5.20. The molecule has 184 valence electrons. The Morgan fingerprint density at radius 1 is 1.14 bits per heavy atom. The first-order valence-corrected chi connectivity index (χ1v) is 13.6. The number of hydrogen-bond acceptors (Lipinski definition) is 7. The first kappa shape index (κ1) is 22.8. The van der Waals surface area contributed by atoms with Crippen LogP contribution in [0.25, 0.3) is 0 Å². The average molecular weight is 515 g/mol. The van der Waals surface area contributed by atoms with Gasteiger partial charge < -0.3 is 14.8 Å². The van der Waals surface area contributed by atoms with Crippen LogP contribution in [-0.2, 0) is 14.4 Å². The number of hydrogen-bond donors (Lipinski definition) is 2. The number of imide groups is 1. The molecule has 0 unspecified atom stereocenters. The molecular formula is C25H26N2O6S2. The second-order valence-electron chi connectivity index (χ2n) is 10.3. The number of carbonyl (C=O) groups excluding carboxylic acids is 2. The molecule has 6 rings (SSSR count). The molecule has 0 spiro atoms. The topological polar surface area (TPSA) is 117 Å². The third-order valence-corrected chi connectivity index (χ3v) is 11.0. The maximum Gasteiger partial charge on any atom is 0.327 e. The standard InChI is InChI=1S/C25H26N2O6S2/c1-9(2)18(24(30)31)27-22(28)16-11-8-12(17(16)23(27)29)19-15(11)14(10-6-4-5-7-13(10)33-3)20-21(34-19)26-25(32)35-20/h4-7,9,11-12,14-19H,8H2,1-3H3,(H,26,32)(H,30,31)/t11-,12+,14+,15+,16-,17+,18-,19-/m1/s1. The van der Waals surface area contributed by atoms with Crippen molar-refractivity contribution in [2.45, 2.75) is 42.5 Å². The quantitative estimate of drug-likeness (QED) is 0.589. The number of carboxylic acid groups (broad SMARTS) is 1. The average Bonchev–Trinajstić information content (AvgIpc) is 3.54. The summed E-state index contributed by atoms with van der Waals surface area (Å²) in [6, 6.07) is 6.62. The first-order chi connectivity index (χ1) is 16.7. The van der Waals surface area contributed by atoms with Gasteiger partial charge in [0.1, 0.15) is 11.8 Å². The van der Waals surface area contributed by atoms with E-state index in [0.29, 0.717) is 0 Å². The number of carboxylic acids is 1. The monoisotopic (exact) mass is 514 g/mol. The fraction of sp³-hybridized carbons (Fsp3) is 0.520. The molecule has 2 amide bonds. The molecule has 2 aliphatic carbocycles. The number of fused-ring (bicyclic) bond motifs is 9. The Bertz CT molecular complexity index is 1300. The van der Waals surface area contributed by atoms with Gasteiger partial charge in [0.15, 0.2) is 0 Å². The molecule has 1 saturated heterocycles. The highest BCUT2D eigenvalue weighted by Gasteiger charge is 2.70. The number of benzene rings is 1. The van der Waals surface area contributed by atoms with Crippen molar-refractivity contribution in [3.05, 3.63) is 44.4 Å². The van der Waals surface area contributed by atoms with Crippen molar-refractivity contribution in [2.75, 3.05) is 7.11 Å². The van der Waals surface area contributed by atoms with Crippen molar-refractivity contribution in [3.8, 4) is 5.75 Å². The van der Waals surface area contributed by atoms with E-state index in [1.165, 1.54) is 11.3 Å². The lowest BCUT2D eigenvalue weighted by Crippen LogP contribution is -2.49. The molecule has 3 heterocycles. The SMILES string of the molecule is COc1ccccc1[C@@H]1c2sc(=O)[nH]c2S[C@@H]2[C@H]3C[C@@H]([C@H]4C(=O)N([C@@H](C(=O)O)C(C)C)C(=O)[C@@H]34)[C@@H]12. The summed E-state index contributed by atoms with van der Waals surface area (Å²) in [7, 11) is 1.63. The van der Waals surface area contributed by atoms with Gasteiger partial charge in [-0.2, -0.15) is 0 Å². The van der Waals surface area contributed by atoms with Crippen LogP contribution in [0.3, 0.4) is 0 Å². The molecule has 8 atom stereocenters. The summed E-state index contributed by atoms with van der Waals surface area (Å²) in [5.74, 6) is -2.69. The number of methoxy groups -OCH3 is 1. The molecule has 2 bridgehead atoms. The highest BCUT2D eigenvalue weighted by Crippen LogP contribution is 2.69. The minimum Gasteiger partial charge on any atom is -0.496 e. The van der Waals surface area contributed by atoms with Crippen LogP contribution < -0.4 is 9.61 Å². The van der Waals surface area contributed by atoms with Crippen molar-refractivity contribution in [1.29, 1.82) is 0 Å². The molecule has 3 fully saturated rings. The molecule has 35 heavy (non-hydrogen) atoms. The third-order valence-electron chi connectivity index (χ3n) is 8.39. The molecular weight excluding hydrogens is 488 g/mol. The van der Waals surface area contributed by atoms with Gasteiger partial charge in [-0.1, -0.05) is 43.4 Å². The molecule has 2 aliphatic heterocycles. The van der Waals surface area contributed by atoms with Crippen LogP contribution in [0, 0.1) is 35.5 Å². The van der Waals surface area contributed by atoms with Gasteiger partial charge in [-0.3, -0.25) is 19.3 Å². The lowest BCUT2D eigenvalue weighted by atomic mass is 9.68. The molecule has 2 N–H and O–H groups in total. The summed E-state index contributed by atoms with van der Waals surface area (Å²) in [5.41, 5.74) is 0.977. The summed E-state index contributed by atoms with van der Waals surface area (Å²) >= 11 is 2.81. The van der Waals surface area contributed by atoms with E-state index in [4.69, 9.17) is 4.74 Å². The van der Waals surface area contributed by atoms with Crippen molar-refractivity contribution >= 4 is 40.9 Å². The van der Waals surface area contributed by atoms with Crippen LogP contribution in [0.2, 0.25) is 0 Å². The van der Waals surface area contributed by atoms with Gasteiger partial charge in [0.2, 0.25) is 11.8 Å². The zero-order valence-corrected chi connectivity index (χ0v) is 21.1. The minimum atomic E-state index is -1.15. The van der Waals surface area contributed by atoms with Crippen molar-refractivity contribution in [2.24, 2.45) is 35.5 Å². The number of amides is 2. The van der Waals surface area contributed by atoms with Gasteiger partial charge in [0.25, 0.3) is 0 Å². The fourth-order valence-electron chi connectivity index (χ4n) is 7.28. The predicted octanol–water partition coefficient (Wildman–Crippen LogP) is 3.03.